The van der Waals surface area contributed by atoms with Gasteiger partial charge >= 0.3 is 0 Å². The van der Waals surface area contributed by atoms with Crippen molar-refractivity contribution in [1.29, 1.82) is 0 Å². The highest BCUT2D eigenvalue weighted by molar-refractivity contribution is 4.52. The Morgan fingerprint density at radius 3 is 2.46 bits per heavy atom. The van der Waals surface area contributed by atoms with E-state index in [1.807, 2.05) is 0 Å². The number of aliphatic hydroxyl groups is 1. The van der Waals surface area contributed by atoms with Crippen LogP contribution in [0, 0.1) is 0 Å². The molecule has 0 fully saturated rings. The molecule has 0 saturated carbocycles. The lowest BCUT2D eigenvalue weighted by Gasteiger charge is -2.08. The highest BCUT2D eigenvalue weighted by Gasteiger charge is 1.95. The SMILES string of the molecule is CC(O)CCOCCCNC(C)C. The first-order valence-corrected chi connectivity index (χ1v) is 5.12. The molecule has 0 saturated heterocycles. The third-order valence-electron chi connectivity index (χ3n) is 1.70. The Balaban J connectivity index is 2.92. The van der Waals surface area contributed by atoms with E-state index >= 15 is 0 Å². The van der Waals surface area contributed by atoms with Gasteiger partial charge in [0, 0.05) is 19.3 Å². The van der Waals surface area contributed by atoms with Crippen LogP contribution in [0.25, 0.3) is 0 Å². The number of nitrogens with one attached hydrogen (secondary N) is 1. The summed E-state index contributed by atoms with van der Waals surface area (Å²) in [7, 11) is 0. The average molecular weight is 189 g/mol. The summed E-state index contributed by atoms with van der Waals surface area (Å²) in [5.74, 6) is 0. The fourth-order valence-electron chi connectivity index (χ4n) is 0.921. The topological polar surface area (TPSA) is 41.5 Å². The lowest BCUT2D eigenvalue weighted by Crippen LogP contribution is -2.24. The molecule has 1 atom stereocenters. The van der Waals surface area contributed by atoms with Crippen molar-refractivity contribution >= 4 is 0 Å². The van der Waals surface area contributed by atoms with Crippen LogP contribution in [0.3, 0.4) is 0 Å². The van der Waals surface area contributed by atoms with Crippen molar-refractivity contribution in [3.63, 3.8) is 0 Å². The van der Waals surface area contributed by atoms with Gasteiger partial charge in [0.25, 0.3) is 0 Å². The lowest BCUT2D eigenvalue weighted by atomic mass is 10.3. The standard InChI is InChI=1S/C10H23NO2/c1-9(2)11-6-4-7-13-8-5-10(3)12/h9-12H,4-8H2,1-3H3. The molecule has 0 spiro atoms. The van der Waals surface area contributed by atoms with Gasteiger partial charge in [-0.15, -0.1) is 0 Å². The van der Waals surface area contributed by atoms with Gasteiger partial charge in [-0.2, -0.15) is 0 Å². The molecular weight excluding hydrogens is 166 g/mol. The van der Waals surface area contributed by atoms with Gasteiger partial charge in [0.05, 0.1) is 6.10 Å². The molecule has 0 aromatic rings. The van der Waals surface area contributed by atoms with Gasteiger partial charge in [-0.3, -0.25) is 0 Å². The molecule has 80 valence electrons. The van der Waals surface area contributed by atoms with Crippen LogP contribution < -0.4 is 5.32 Å². The van der Waals surface area contributed by atoms with Crippen molar-refractivity contribution in [3.8, 4) is 0 Å². The molecular formula is C10H23NO2. The Morgan fingerprint density at radius 2 is 1.92 bits per heavy atom. The Bertz CT molecular complexity index is 93.1. The molecule has 0 heterocycles. The number of aliphatic hydroxyl groups excluding tert-OH is 1. The summed E-state index contributed by atoms with van der Waals surface area (Å²) >= 11 is 0. The predicted molar refractivity (Wildman–Crippen MR) is 54.9 cm³/mol. The number of ether oxygens (including phenoxy) is 1. The molecule has 0 rings (SSSR count). The maximum atomic E-state index is 8.94. The average Bonchev–Trinajstić information content (AvgIpc) is 2.01. The molecule has 1 unspecified atom stereocenters. The Morgan fingerprint density at radius 1 is 1.23 bits per heavy atom. The second-order valence-corrected chi connectivity index (χ2v) is 3.71. The largest absolute Gasteiger partial charge is 0.393 e. The summed E-state index contributed by atoms with van der Waals surface area (Å²) in [6.45, 7) is 8.50. The van der Waals surface area contributed by atoms with Crippen molar-refractivity contribution in [1.82, 2.24) is 5.32 Å². The van der Waals surface area contributed by atoms with E-state index in [1.165, 1.54) is 0 Å². The molecule has 0 aliphatic rings. The van der Waals surface area contributed by atoms with E-state index in [1.54, 1.807) is 6.92 Å². The minimum absolute atomic E-state index is 0.242. The molecule has 0 aromatic carbocycles. The van der Waals surface area contributed by atoms with Crippen LogP contribution in [-0.4, -0.2) is 37.0 Å². The lowest BCUT2D eigenvalue weighted by molar-refractivity contribution is 0.0878. The zero-order chi connectivity index (χ0) is 10.1. The number of hydrogen-bond donors (Lipinski definition) is 2. The first-order chi connectivity index (χ1) is 6.13. The molecule has 3 nitrogen and oxygen atoms in total. The summed E-state index contributed by atoms with van der Waals surface area (Å²) in [4.78, 5) is 0. The molecule has 0 aromatic heterocycles. The van der Waals surface area contributed by atoms with Crippen LogP contribution in [0.4, 0.5) is 0 Å². The summed E-state index contributed by atoms with van der Waals surface area (Å²) < 4.78 is 5.33. The Labute approximate surface area is 81.5 Å². The van der Waals surface area contributed by atoms with Crippen molar-refractivity contribution < 1.29 is 9.84 Å². The number of rotatable bonds is 8. The van der Waals surface area contributed by atoms with Crippen LogP contribution in [0.2, 0.25) is 0 Å². The van der Waals surface area contributed by atoms with Crippen LogP contribution in [0.15, 0.2) is 0 Å². The molecule has 0 aliphatic heterocycles. The van der Waals surface area contributed by atoms with E-state index in [0.717, 1.165) is 26.0 Å². The molecule has 3 heteroatoms. The van der Waals surface area contributed by atoms with Crippen LogP contribution in [-0.2, 0) is 4.74 Å². The van der Waals surface area contributed by atoms with Gasteiger partial charge in [0.1, 0.15) is 0 Å². The quantitative estimate of drug-likeness (QED) is 0.563. The smallest absolute Gasteiger partial charge is 0.0534 e. The fraction of sp³-hybridized carbons (Fsp3) is 1.00. The second kappa shape index (κ2) is 8.48. The van der Waals surface area contributed by atoms with Gasteiger partial charge in [-0.1, -0.05) is 13.8 Å². The van der Waals surface area contributed by atoms with Crippen LogP contribution in [0.5, 0.6) is 0 Å². The van der Waals surface area contributed by atoms with Crippen LogP contribution >= 0.6 is 0 Å². The van der Waals surface area contributed by atoms with Gasteiger partial charge < -0.3 is 15.2 Å². The van der Waals surface area contributed by atoms with Gasteiger partial charge in [0.2, 0.25) is 0 Å². The molecule has 0 aliphatic carbocycles. The molecule has 13 heavy (non-hydrogen) atoms. The first kappa shape index (κ1) is 12.9. The van der Waals surface area contributed by atoms with E-state index in [0.29, 0.717) is 12.6 Å². The van der Waals surface area contributed by atoms with E-state index < -0.39 is 0 Å². The van der Waals surface area contributed by atoms with Crippen molar-refractivity contribution in [2.24, 2.45) is 0 Å². The predicted octanol–water partition coefficient (Wildman–Crippen LogP) is 1.16. The summed E-state index contributed by atoms with van der Waals surface area (Å²) in [6.07, 6.45) is 1.53. The minimum Gasteiger partial charge on any atom is -0.393 e. The maximum Gasteiger partial charge on any atom is 0.0534 e. The second-order valence-electron chi connectivity index (χ2n) is 3.71. The third kappa shape index (κ3) is 11.9. The highest BCUT2D eigenvalue weighted by atomic mass is 16.5. The van der Waals surface area contributed by atoms with Crippen molar-refractivity contribution in [2.75, 3.05) is 19.8 Å². The Kier molecular flexibility index (Phi) is 8.40. The summed E-state index contributed by atoms with van der Waals surface area (Å²) in [5, 5.41) is 12.3. The summed E-state index contributed by atoms with van der Waals surface area (Å²) in [5.41, 5.74) is 0. The van der Waals surface area contributed by atoms with Gasteiger partial charge in [0.15, 0.2) is 0 Å². The highest BCUT2D eigenvalue weighted by Crippen LogP contribution is 1.91. The zero-order valence-electron chi connectivity index (χ0n) is 9.05. The van der Waals surface area contributed by atoms with E-state index in [9.17, 15) is 0 Å². The number of hydrogen-bond acceptors (Lipinski definition) is 3. The van der Waals surface area contributed by atoms with Crippen LogP contribution in [0.1, 0.15) is 33.6 Å². The normalized spacial score (nSPS) is 13.6. The summed E-state index contributed by atoms with van der Waals surface area (Å²) in [6, 6.07) is 0.553. The minimum atomic E-state index is -0.242. The molecule has 2 N–H and O–H groups in total. The first-order valence-electron chi connectivity index (χ1n) is 5.12. The fourth-order valence-corrected chi connectivity index (χ4v) is 0.921. The van der Waals surface area contributed by atoms with E-state index in [4.69, 9.17) is 9.84 Å². The third-order valence-corrected chi connectivity index (χ3v) is 1.70. The molecule has 0 amide bonds. The monoisotopic (exact) mass is 189 g/mol. The maximum absolute atomic E-state index is 8.94. The van der Waals surface area contributed by atoms with Gasteiger partial charge in [-0.25, -0.2) is 0 Å². The molecule has 0 bridgehead atoms. The van der Waals surface area contributed by atoms with Gasteiger partial charge in [-0.05, 0) is 26.3 Å². The van der Waals surface area contributed by atoms with E-state index in [2.05, 4.69) is 19.2 Å². The molecule has 0 radical (unpaired) electrons. The zero-order valence-corrected chi connectivity index (χ0v) is 9.05. The Hall–Kier alpha value is -0.120. The van der Waals surface area contributed by atoms with Crippen molar-refractivity contribution in [3.05, 3.63) is 0 Å². The van der Waals surface area contributed by atoms with E-state index in [-0.39, 0.29) is 6.10 Å². The van der Waals surface area contributed by atoms with Crippen molar-refractivity contribution in [2.45, 2.75) is 45.8 Å².